The number of carbonyl (C=O) groups excluding carboxylic acids is 2. The molecule has 1 N–H and O–H groups in total. The van der Waals surface area contributed by atoms with Crippen LogP contribution in [0, 0.1) is 5.41 Å². The molecule has 1 heterocycles. The van der Waals surface area contributed by atoms with Crippen LogP contribution in [-0.2, 0) is 4.79 Å². The lowest BCUT2D eigenvalue weighted by Gasteiger charge is -2.23. The van der Waals surface area contributed by atoms with Crippen LogP contribution in [0.1, 0.15) is 23.7 Å². The molecule has 6 heteroatoms. The summed E-state index contributed by atoms with van der Waals surface area (Å²) in [5.41, 5.74) is -0.0645. The maximum atomic E-state index is 12.5. The van der Waals surface area contributed by atoms with E-state index in [0.717, 1.165) is 4.47 Å². The number of likely N-dealkylation sites (tertiary alicyclic amines) is 1. The van der Waals surface area contributed by atoms with E-state index in [2.05, 4.69) is 21.2 Å². The number of rotatable bonds is 2. The SMILES string of the molecule is CNC(=O)C1(C)CCN(C(=O)c2cc(Br)ccc2Cl)C1. The van der Waals surface area contributed by atoms with Crippen LogP contribution in [0.25, 0.3) is 0 Å². The molecule has 0 aliphatic carbocycles. The summed E-state index contributed by atoms with van der Waals surface area (Å²) in [6.45, 7) is 2.85. The van der Waals surface area contributed by atoms with Gasteiger partial charge in [0.05, 0.1) is 16.0 Å². The smallest absolute Gasteiger partial charge is 0.255 e. The van der Waals surface area contributed by atoms with Crippen molar-refractivity contribution in [3.05, 3.63) is 33.3 Å². The standard InChI is InChI=1S/C14H16BrClN2O2/c1-14(13(20)17-2)5-6-18(8-14)12(19)10-7-9(15)3-4-11(10)16/h3-4,7H,5-6,8H2,1-2H3,(H,17,20). The van der Waals surface area contributed by atoms with Gasteiger partial charge in [-0.15, -0.1) is 0 Å². The van der Waals surface area contributed by atoms with E-state index < -0.39 is 5.41 Å². The second-order valence-corrected chi connectivity index (χ2v) is 6.56. The van der Waals surface area contributed by atoms with Crippen molar-refractivity contribution in [2.45, 2.75) is 13.3 Å². The van der Waals surface area contributed by atoms with E-state index in [1.165, 1.54) is 0 Å². The van der Waals surface area contributed by atoms with E-state index in [1.807, 2.05) is 6.92 Å². The first-order chi connectivity index (χ1) is 9.37. The van der Waals surface area contributed by atoms with Gasteiger partial charge < -0.3 is 10.2 Å². The molecule has 1 aliphatic heterocycles. The van der Waals surface area contributed by atoms with E-state index in [9.17, 15) is 9.59 Å². The highest BCUT2D eigenvalue weighted by atomic mass is 79.9. The number of hydrogen-bond acceptors (Lipinski definition) is 2. The number of hydrogen-bond donors (Lipinski definition) is 1. The van der Waals surface area contributed by atoms with Crippen LogP contribution in [0.5, 0.6) is 0 Å². The largest absolute Gasteiger partial charge is 0.359 e. The fraction of sp³-hybridized carbons (Fsp3) is 0.429. The van der Waals surface area contributed by atoms with Gasteiger partial charge in [-0.05, 0) is 31.5 Å². The Labute approximate surface area is 131 Å². The van der Waals surface area contributed by atoms with Crippen LogP contribution in [0.3, 0.4) is 0 Å². The molecule has 1 saturated heterocycles. The Morgan fingerprint density at radius 2 is 2.15 bits per heavy atom. The molecule has 20 heavy (non-hydrogen) atoms. The molecule has 108 valence electrons. The van der Waals surface area contributed by atoms with Crippen LogP contribution >= 0.6 is 27.5 Å². The number of nitrogens with zero attached hydrogens (tertiary/aromatic N) is 1. The van der Waals surface area contributed by atoms with Gasteiger partial charge in [0.1, 0.15) is 0 Å². The quantitative estimate of drug-likeness (QED) is 0.882. The van der Waals surface area contributed by atoms with E-state index in [1.54, 1.807) is 30.1 Å². The second-order valence-electron chi connectivity index (χ2n) is 5.24. The monoisotopic (exact) mass is 358 g/mol. The van der Waals surface area contributed by atoms with E-state index in [0.29, 0.717) is 30.1 Å². The number of benzene rings is 1. The van der Waals surface area contributed by atoms with Crippen molar-refractivity contribution in [1.82, 2.24) is 10.2 Å². The van der Waals surface area contributed by atoms with Crippen LogP contribution in [0.4, 0.5) is 0 Å². The molecule has 1 aromatic carbocycles. The van der Waals surface area contributed by atoms with Gasteiger partial charge in [-0.1, -0.05) is 27.5 Å². The summed E-state index contributed by atoms with van der Waals surface area (Å²) in [4.78, 5) is 26.1. The number of nitrogens with one attached hydrogen (secondary N) is 1. The van der Waals surface area contributed by atoms with Gasteiger partial charge in [0.15, 0.2) is 0 Å². The summed E-state index contributed by atoms with van der Waals surface area (Å²) in [7, 11) is 1.61. The lowest BCUT2D eigenvalue weighted by atomic mass is 9.89. The number of halogens is 2. The molecular weight excluding hydrogens is 344 g/mol. The Kier molecular flexibility index (Phi) is 4.39. The van der Waals surface area contributed by atoms with Crippen LogP contribution < -0.4 is 5.32 Å². The minimum atomic E-state index is -0.525. The third kappa shape index (κ3) is 2.83. The Balaban J connectivity index is 2.20. The van der Waals surface area contributed by atoms with Gasteiger partial charge in [0.2, 0.25) is 5.91 Å². The Morgan fingerprint density at radius 3 is 2.80 bits per heavy atom. The molecule has 1 atom stereocenters. The summed E-state index contributed by atoms with van der Waals surface area (Å²) in [5, 5.41) is 3.08. The van der Waals surface area contributed by atoms with E-state index >= 15 is 0 Å². The lowest BCUT2D eigenvalue weighted by Crippen LogP contribution is -2.40. The summed E-state index contributed by atoms with van der Waals surface area (Å²) in [6, 6.07) is 5.19. The zero-order valence-corrected chi connectivity index (χ0v) is 13.7. The molecule has 2 rings (SSSR count). The number of carbonyl (C=O) groups is 2. The van der Waals surface area contributed by atoms with Crippen molar-refractivity contribution in [3.8, 4) is 0 Å². The Morgan fingerprint density at radius 1 is 1.45 bits per heavy atom. The van der Waals surface area contributed by atoms with Gasteiger partial charge in [0.25, 0.3) is 5.91 Å². The fourth-order valence-corrected chi connectivity index (χ4v) is 3.01. The second kappa shape index (κ2) is 5.74. The number of amides is 2. The fourth-order valence-electron chi connectivity index (χ4n) is 2.45. The molecule has 1 fully saturated rings. The molecule has 1 unspecified atom stereocenters. The van der Waals surface area contributed by atoms with E-state index in [-0.39, 0.29) is 11.8 Å². The molecule has 1 aliphatic rings. The van der Waals surface area contributed by atoms with Crippen molar-refractivity contribution >= 4 is 39.3 Å². The van der Waals surface area contributed by atoms with E-state index in [4.69, 9.17) is 11.6 Å². The zero-order valence-electron chi connectivity index (χ0n) is 11.4. The molecule has 4 nitrogen and oxygen atoms in total. The third-order valence-electron chi connectivity index (χ3n) is 3.69. The summed E-state index contributed by atoms with van der Waals surface area (Å²) >= 11 is 9.42. The first-order valence-electron chi connectivity index (χ1n) is 6.34. The molecule has 0 bridgehead atoms. The van der Waals surface area contributed by atoms with Gasteiger partial charge in [-0.2, -0.15) is 0 Å². The van der Waals surface area contributed by atoms with Gasteiger partial charge in [-0.3, -0.25) is 9.59 Å². The maximum absolute atomic E-state index is 12.5. The van der Waals surface area contributed by atoms with Crippen molar-refractivity contribution in [2.24, 2.45) is 5.41 Å². The van der Waals surface area contributed by atoms with Crippen molar-refractivity contribution < 1.29 is 9.59 Å². The maximum Gasteiger partial charge on any atom is 0.255 e. The average molecular weight is 360 g/mol. The highest BCUT2D eigenvalue weighted by molar-refractivity contribution is 9.10. The first-order valence-corrected chi connectivity index (χ1v) is 7.51. The predicted octanol–water partition coefficient (Wildman–Crippen LogP) is 2.70. The van der Waals surface area contributed by atoms with Gasteiger partial charge in [0, 0.05) is 24.6 Å². The minimum Gasteiger partial charge on any atom is -0.359 e. The van der Waals surface area contributed by atoms with Crippen LogP contribution in [0.2, 0.25) is 5.02 Å². The summed E-state index contributed by atoms with van der Waals surface area (Å²) in [6.07, 6.45) is 0.657. The van der Waals surface area contributed by atoms with Gasteiger partial charge >= 0.3 is 0 Å². The first kappa shape index (κ1) is 15.3. The van der Waals surface area contributed by atoms with Crippen molar-refractivity contribution in [2.75, 3.05) is 20.1 Å². The Bertz CT molecular complexity index is 564. The highest BCUT2D eigenvalue weighted by Gasteiger charge is 2.41. The molecule has 2 amide bonds. The van der Waals surface area contributed by atoms with Gasteiger partial charge in [-0.25, -0.2) is 0 Å². The predicted molar refractivity (Wildman–Crippen MR) is 81.8 cm³/mol. The van der Waals surface area contributed by atoms with Crippen LogP contribution in [-0.4, -0.2) is 36.9 Å². The zero-order chi connectivity index (χ0) is 14.9. The molecule has 0 spiro atoms. The summed E-state index contributed by atoms with van der Waals surface area (Å²) < 4.78 is 0.804. The molecule has 1 aromatic rings. The lowest BCUT2D eigenvalue weighted by molar-refractivity contribution is -0.128. The Hall–Kier alpha value is -1.07. The third-order valence-corrected chi connectivity index (χ3v) is 4.52. The van der Waals surface area contributed by atoms with Crippen LogP contribution in [0.15, 0.2) is 22.7 Å². The molecule has 0 radical (unpaired) electrons. The van der Waals surface area contributed by atoms with Crippen molar-refractivity contribution in [1.29, 1.82) is 0 Å². The molecule has 0 saturated carbocycles. The minimum absolute atomic E-state index is 0.0341. The molecular formula is C14H16BrClN2O2. The average Bonchev–Trinajstić information content (AvgIpc) is 2.83. The topological polar surface area (TPSA) is 49.4 Å². The highest BCUT2D eigenvalue weighted by Crippen LogP contribution is 2.32. The summed E-state index contributed by atoms with van der Waals surface area (Å²) in [5.74, 6) is -0.169. The molecule has 0 aromatic heterocycles. The normalized spacial score (nSPS) is 21.9. The van der Waals surface area contributed by atoms with Crippen molar-refractivity contribution in [3.63, 3.8) is 0 Å².